The summed E-state index contributed by atoms with van der Waals surface area (Å²) in [5.41, 5.74) is 0.422. The maximum atomic E-state index is 10.2. The predicted molar refractivity (Wildman–Crippen MR) is 90.1 cm³/mol. The number of halogens is 1. The summed E-state index contributed by atoms with van der Waals surface area (Å²) in [4.78, 5) is 19.0. The fourth-order valence-electron chi connectivity index (χ4n) is 2.71. The lowest BCUT2D eigenvalue weighted by Gasteiger charge is -2.33. The van der Waals surface area contributed by atoms with Crippen molar-refractivity contribution in [3.8, 4) is 17.2 Å². The number of phenols is 1. The first-order chi connectivity index (χ1) is 12.2. The zero-order valence-electron chi connectivity index (χ0n) is 13.6. The average Bonchev–Trinajstić information content (AvgIpc) is 3.07. The molecule has 1 fully saturated rings. The molecule has 0 radical (unpaired) electrons. The van der Waals surface area contributed by atoms with Crippen LogP contribution in [0.1, 0.15) is 5.82 Å². The van der Waals surface area contributed by atoms with Crippen LogP contribution in [0.2, 0.25) is 5.02 Å². The van der Waals surface area contributed by atoms with Crippen LogP contribution in [0.4, 0.5) is 0 Å². The van der Waals surface area contributed by atoms with Crippen molar-refractivity contribution < 1.29 is 19.2 Å². The summed E-state index contributed by atoms with van der Waals surface area (Å²) in [5.74, 6) is 0.859. The van der Waals surface area contributed by atoms with Crippen LogP contribution >= 0.6 is 11.6 Å². The van der Waals surface area contributed by atoms with Gasteiger partial charge in [0.25, 0.3) is 12.4 Å². The fourth-order valence-corrected chi connectivity index (χ4v) is 2.88. The van der Waals surface area contributed by atoms with Gasteiger partial charge in [-0.3, -0.25) is 14.6 Å². The molecule has 134 valence electrons. The van der Waals surface area contributed by atoms with E-state index in [2.05, 4.69) is 19.9 Å². The van der Waals surface area contributed by atoms with Gasteiger partial charge >= 0.3 is 0 Å². The van der Waals surface area contributed by atoms with Crippen LogP contribution in [0.25, 0.3) is 11.5 Å². The minimum absolute atomic E-state index is 0.0470. The van der Waals surface area contributed by atoms with E-state index in [1.807, 2.05) is 0 Å². The molecule has 3 rings (SSSR count). The first kappa shape index (κ1) is 17.7. The highest BCUT2D eigenvalue weighted by atomic mass is 35.5. The van der Waals surface area contributed by atoms with Gasteiger partial charge in [0.1, 0.15) is 12.4 Å². The van der Waals surface area contributed by atoms with E-state index in [1.165, 1.54) is 6.07 Å². The second kappa shape index (κ2) is 8.28. The topological polar surface area (TPSA) is 91.9 Å². The van der Waals surface area contributed by atoms with E-state index < -0.39 is 0 Å². The minimum Gasteiger partial charge on any atom is -0.507 e. The highest BCUT2D eigenvalue weighted by Crippen LogP contribution is 2.30. The fraction of sp³-hybridized carbons (Fsp3) is 0.438. The molecule has 1 aromatic heterocycles. The molecule has 1 aromatic carbocycles. The van der Waals surface area contributed by atoms with Gasteiger partial charge in [-0.05, 0) is 18.2 Å². The molecular formula is C16H19ClN4O4. The van der Waals surface area contributed by atoms with Crippen molar-refractivity contribution >= 4 is 18.1 Å². The summed E-state index contributed by atoms with van der Waals surface area (Å²) < 4.78 is 9.97. The summed E-state index contributed by atoms with van der Waals surface area (Å²) in [6.07, 6.45) is 0. The number of nitrogens with zero attached hydrogens (tertiary/aromatic N) is 4. The number of piperazine rings is 1. The maximum absolute atomic E-state index is 10.2. The van der Waals surface area contributed by atoms with Gasteiger partial charge in [0.15, 0.2) is 5.82 Å². The number of rotatable bonds is 7. The van der Waals surface area contributed by atoms with Crippen molar-refractivity contribution in [1.82, 2.24) is 19.9 Å². The Morgan fingerprint density at radius 3 is 2.80 bits per heavy atom. The number of benzene rings is 1. The van der Waals surface area contributed by atoms with E-state index in [4.69, 9.17) is 20.9 Å². The summed E-state index contributed by atoms with van der Waals surface area (Å²) in [5, 5.41) is 14.4. The minimum atomic E-state index is 0.0470. The van der Waals surface area contributed by atoms with E-state index in [0.29, 0.717) is 36.0 Å². The third kappa shape index (κ3) is 4.68. The van der Waals surface area contributed by atoms with Crippen LogP contribution in [0.3, 0.4) is 0 Å². The van der Waals surface area contributed by atoms with Gasteiger partial charge in [-0.1, -0.05) is 16.8 Å². The molecule has 25 heavy (non-hydrogen) atoms. The van der Waals surface area contributed by atoms with Crippen LogP contribution < -0.4 is 0 Å². The van der Waals surface area contributed by atoms with Crippen LogP contribution in [-0.4, -0.2) is 70.8 Å². The number of phenolic OH excluding ortho intramolecular Hbond substituents is 1. The molecule has 0 amide bonds. The molecule has 9 heteroatoms. The molecule has 0 spiro atoms. The van der Waals surface area contributed by atoms with E-state index in [-0.39, 0.29) is 11.6 Å². The second-order valence-corrected chi connectivity index (χ2v) is 6.20. The van der Waals surface area contributed by atoms with Gasteiger partial charge in [-0.2, -0.15) is 4.98 Å². The van der Waals surface area contributed by atoms with Gasteiger partial charge < -0.3 is 14.4 Å². The Bertz CT molecular complexity index is 716. The lowest BCUT2D eigenvalue weighted by Crippen LogP contribution is -2.46. The zero-order chi connectivity index (χ0) is 17.6. The number of carbonyl (C=O) groups excluding carboxylic acids is 1. The Morgan fingerprint density at radius 1 is 1.28 bits per heavy atom. The molecule has 0 atom stereocenters. The van der Waals surface area contributed by atoms with Crippen LogP contribution in [-0.2, 0) is 16.1 Å². The molecule has 0 unspecified atom stereocenters. The molecule has 1 aliphatic heterocycles. The molecule has 0 aliphatic carbocycles. The van der Waals surface area contributed by atoms with Gasteiger partial charge in [0.2, 0.25) is 0 Å². The SMILES string of the molecule is O=COCCN1CCN(Cc2noc(-c3cc(Cl)ccc3O)n2)CC1. The molecule has 0 saturated carbocycles. The van der Waals surface area contributed by atoms with Gasteiger partial charge in [-0.25, -0.2) is 0 Å². The van der Waals surface area contributed by atoms with E-state index in [0.717, 1.165) is 32.7 Å². The van der Waals surface area contributed by atoms with Crippen molar-refractivity contribution in [3.63, 3.8) is 0 Å². The van der Waals surface area contributed by atoms with Crippen molar-refractivity contribution in [1.29, 1.82) is 0 Å². The first-order valence-electron chi connectivity index (χ1n) is 7.97. The first-order valence-corrected chi connectivity index (χ1v) is 8.35. The lowest BCUT2D eigenvalue weighted by atomic mass is 10.2. The standard InChI is InChI=1S/C16H19ClN4O4/c17-12-1-2-14(23)13(9-12)16-18-15(19-25-16)10-21-5-3-20(4-6-21)7-8-24-11-22/h1-2,9,11,23H,3-8,10H2. The highest BCUT2D eigenvalue weighted by molar-refractivity contribution is 6.30. The van der Waals surface area contributed by atoms with E-state index >= 15 is 0 Å². The number of aromatic nitrogens is 2. The molecular weight excluding hydrogens is 348 g/mol. The second-order valence-electron chi connectivity index (χ2n) is 5.76. The summed E-state index contributed by atoms with van der Waals surface area (Å²) in [6, 6.07) is 4.68. The van der Waals surface area contributed by atoms with Crippen molar-refractivity contribution in [2.75, 3.05) is 39.3 Å². The van der Waals surface area contributed by atoms with E-state index in [9.17, 15) is 9.90 Å². The smallest absolute Gasteiger partial charge is 0.293 e. The molecule has 8 nitrogen and oxygen atoms in total. The van der Waals surface area contributed by atoms with Crippen molar-refractivity contribution in [2.45, 2.75) is 6.54 Å². The quantitative estimate of drug-likeness (QED) is 0.580. The maximum Gasteiger partial charge on any atom is 0.293 e. The molecule has 1 aliphatic rings. The number of hydrogen-bond donors (Lipinski definition) is 1. The molecule has 2 heterocycles. The van der Waals surface area contributed by atoms with Crippen LogP contribution in [0.5, 0.6) is 5.75 Å². The molecule has 2 aromatic rings. The normalized spacial score (nSPS) is 16.0. The van der Waals surface area contributed by atoms with Crippen LogP contribution in [0.15, 0.2) is 22.7 Å². The largest absolute Gasteiger partial charge is 0.507 e. The number of hydrogen-bond acceptors (Lipinski definition) is 8. The molecule has 1 saturated heterocycles. The number of ether oxygens (including phenoxy) is 1. The Kier molecular flexibility index (Phi) is 5.85. The van der Waals surface area contributed by atoms with Crippen molar-refractivity contribution in [3.05, 3.63) is 29.0 Å². The monoisotopic (exact) mass is 366 g/mol. The highest BCUT2D eigenvalue weighted by Gasteiger charge is 2.20. The third-order valence-electron chi connectivity index (χ3n) is 4.08. The summed E-state index contributed by atoms with van der Waals surface area (Å²) in [6.45, 7) is 5.73. The zero-order valence-corrected chi connectivity index (χ0v) is 14.4. The van der Waals surface area contributed by atoms with Gasteiger partial charge in [0, 0.05) is 37.7 Å². The average molecular weight is 367 g/mol. The lowest BCUT2D eigenvalue weighted by molar-refractivity contribution is -0.129. The Balaban J connectivity index is 1.54. The van der Waals surface area contributed by atoms with Gasteiger partial charge in [0.05, 0.1) is 12.1 Å². The van der Waals surface area contributed by atoms with Gasteiger partial charge in [-0.15, -0.1) is 0 Å². The Labute approximate surface area is 149 Å². The Morgan fingerprint density at radius 2 is 2.04 bits per heavy atom. The van der Waals surface area contributed by atoms with E-state index in [1.54, 1.807) is 12.1 Å². The number of aromatic hydroxyl groups is 1. The summed E-state index contributed by atoms with van der Waals surface area (Å²) >= 11 is 5.95. The van der Waals surface area contributed by atoms with Crippen LogP contribution in [0, 0.1) is 0 Å². The summed E-state index contributed by atoms with van der Waals surface area (Å²) in [7, 11) is 0. The molecule has 0 bridgehead atoms. The molecule has 1 N–H and O–H groups in total. The van der Waals surface area contributed by atoms with Crippen molar-refractivity contribution in [2.24, 2.45) is 0 Å². The predicted octanol–water partition coefficient (Wildman–Crippen LogP) is 1.39. The third-order valence-corrected chi connectivity index (χ3v) is 4.32. The Hall–Kier alpha value is -2.16. The number of carbonyl (C=O) groups is 1.